The summed E-state index contributed by atoms with van der Waals surface area (Å²) >= 11 is 0. The lowest BCUT2D eigenvalue weighted by Gasteiger charge is -2.33. The Bertz CT molecular complexity index is 596. The Kier molecular flexibility index (Phi) is 8.04. The van der Waals surface area contributed by atoms with Gasteiger partial charge in [0, 0.05) is 19.4 Å². The van der Waals surface area contributed by atoms with Crippen LogP contribution in [0.5, 0.6) is 0 Å². The molecule has 1 saturated heterocycles. The van der Waals surface area contributed by atoms with Crippen LogP contribution >= 0.6 is 0 Å². The molecular formula is C21H34N2O5. The van der Waals surface area contributed by atoms with E-state index in [0.29, 0.717) is 25.8 Å². The second kappa shape index (κ2) is 10.0. The van der Waals surface area contributed by atoms with Crippen molar-refractivity contribution in [1.82, 2.24) is 10.2 Å². The Morgan fingerprint density at radius 2 is 2.07 bits per heavy atom. The summed E-state index contributed by atoms with van der Waals surface area (Å²) < 4.78 is 5.34. The molecule has 0 aromatic carbocycles. The standard InChI is InChI=1S/C21H34N2O5/c1-21(2,3)17-14-28-19(26)10-6-4-5-8-15(20(27)22-17)12-18(25)23-11-7-9-16(23)13-24/h4-5,15-17,24H,6-14H2,1-3H3,(H,22,27). The van der Waals surface area contributed by atoms with Crippen molar-refractivity contribution in [1.29, 1.82) is 0 Å². The number of rotatable bonds is 3. The van der Waals surface area contributed by atoms with Gasteiger partial charge in [-0.1, -0.05) is 32.9 Å². The average Bonchev–Trinajstić information content (AvgIpc) is 3.10. The smallest absolute Gasteiger partial charge is 0.306 e. The van der Waals surface area contributed by atoms with Crippen molar-refractivity contribution in [3.63, 3.8) is 0 Å². The topological polar surface area (TPSA) is 95.9 Å². The Morgan fingerprint density at radius 3 is 2.75 bits per heavy atom. The molecule has 7 nitrogen and oxygen atoms in total. The number of carbonyl (C=O) groups is 3. The number of nitrogens with one attached hydrogen (secondary N) is 1. The number of cyclic esters (lactones) is 1. The highest BCUT2D eigenvalue weighted by Gasteiger charge is 2.34. The van der Waals surface area contributed by atoms with Crippen LogP contribution < -0.4 is 5.32 Å². The lowest BCUT2D eigenvalue weighted by atomic mass is 9.86. The maximum Gasteiger partial charge on any atom is 0.306 e. The molecule has 0 saturated carbocycles. The molecule has 2 amide bonds. The van der Waals surface area contributed by atoms with Crippen LogP contribution in [0.15, 0.2) is 12.2 Å². The Labute approximate surface area is 167 Å². The van der Waals surface area contributed by atoms with Crippen LogP contribution in [0, 0.1) is 11.3 Å². The molecule has 2 aliphatic rings. The number of nitrogens with zero attached hydrogens (tertiary/aromatic N) is 1. The molecule has 3 unspecified atom stereocenters. The van der Waals surface area contributed by atoms with Crippen molar-refractivity contribution in [2.45, 2.75) is 71.4 Å². The molecule has 0 aliphatic carbocycles. The highest BCUT2D eigenvalue weighted by atomic mass is 16.5. The van der Waals surface area contributed by atoms with Crippen LogP contribution in [-0.4, -0.2) is 59.6 Å². The molecule has 2 aliphatic heterocycles. The number of ether oxygens (including phenoxy) is 1. The summed E-state index contributed by atoms with van der Waals surface area (Å²) in [5.74, 6) is -1.04. The largest absolute Gasteiger partial charge is 0.463 e. The van der Waals surface area contributed by atoms with E-state index in [1.54, 1.807) is 4.90 Å². The van der Waals surface area contributed by atoms with Crippen molar-refractivity contribution in [2.75, 3.05) is 19.8 Å². The van der Waals surface area contributed by atoms with E-state index in [0.717, 1.165) is 12.8 Å². The lowest BCUT2D eigenvalue weighted by molar-refractivity contribution is -0.146. The van der Waals surface area contributed by atoms with Crippen molar-refractivity contribution in [3.05, 3.63) is 12.2 Å². The van der Waals surface area contributed by atoms with Gasteiger partial charge in [-0.25, -0.2) is 0 Å². The molecule has 158 valence electrons. The second-order valence-corrected chi connectivity index (χ2v) is 8.82. The number of esters is 1. The summed E-state index contributed by atoms with van der Waals surface area (Å²) in [6, 6.07) is -0.471. The number of aliphatic hydroxyl groups excluding tert-OH is 1. The molecule has 7 heteroatoms. The first-order valence-electron chi connectivity index (χ1n) is 10.2. The molecule has 28 heavy (non-hydrogen) atoms. The Morgan fingerprint density at radius 1 is 1.32 bits per heavy atom. The molecule has 1 fully saturated rings. The zero-order valence-corrected chi connectivity index (χ0v) is 17.3. The summed E-state index contributed by atoms with van der Waals surface area (Å²) in [5.41, 5.74) is -0.290. The fourth-order valence-electron chi connectivity index (χ4n) is 3.59. The summed E-state index contributed by atoms with van der Waals surface area (Å²) in [5, 5.41) is 12.5. The maximum atomic E-state index is 13.0. The van der Waals surface area contributed by atoms with Gasteiger partial charge in [0.15, 0.2) is 0 Å². The molecule has 0 bridgehead atoms. The number of hydrogen-bond donors (Lipinski definition) is 2. The molecule has 0 radical (unpaired) electrons. The van der Waals surface area contributed by atoms with Gasteiger partial charge in [-0.05, 0) is 31.1 Å². The SMILES string of the molecule is CC(C)(C)C1COC(=O)CCC=CCC(CC(=O)N2CCCC2CO)C(=O)N1. The number of likely N-dealkylation sites (tertiary alicyclic amines) is 1. The summed E-state index contributed by atoms with van der Waals surface area (Å²) in [7, 11) is 0. The van der Waals surface area contributed by atoms with Crippen molar-refractivity contribution >= 4 is 17.8 Å². The number of carbonyl (C=O) groups excluding carboxylic acids is 3. The normalized spacial score (nSPS) is 27.6. The predicted octanol–water partition coefficient (Wildman–Crippen LogP) is 1.79. The van der Waals surface area contributed by atoms with E-state index in [1.807, 2.05) is 32.9 Å². The van der Waals surface area contributed by atoms with Gasteiger partial charge in [0.2, 0.25) is 11.8 Å². The third-order valence-electron chi connectivity index (χ3n) is 5.58. The first-order valence-corrected chi connectivity index (χ1v) is 10.2. The van der Waals surface area contributed by atoms with Gasteiger partial charge in [0.05, 0.1) is 24.6 Å². The van der Waals surface area contributed by atoms with Gasteiger partial charge in [-0.15, -0.1) is 0 Å². The van der Waals surface area contributed by atoms with Crippen LogP contribution in [0.2, 0.25) is 0 Å². The van der Waals surface area contributed by atoms with Gasteiger partial charge in [0.1, 0.15) is 6.61 Å². The van der Waals surface area contributed by atoms with Gasteiger partial charge in [-0.2, -0.15) is 0 Å². The molecular weight excluding hydrogens is 360 g/mol. The van der Waals surface area contributed by atoms with Crippen LogP contribution in [-0.2, 0) is 19.1 Å². The van der Waals surface area contributed by atoms with Crippen molar-refractivity contribution < 1.29 is 24.2 Å². The number of allylic oxidation sites excluding steroid dienone is 2. The highest BCUT2D eigenvalue weighted by molar-refractivity contribution is 5.86. The minimum absolute atomic E-state index is 0.0417. The zero-order valence-electron chi connectivity index (χ0n) is 17.3. The Balaban J connectivity index is 2.13. The fraction of sp³-hybridized carbons (Fsp3) is 0.762. The molecule has 0 aromatic rings. The third kappa shape index (κ3) is 6.33. The third-order valence-corrected chi connectivity index (χ3v) is 5.58. The maximum absolute atomic E-state index is 13.0. The molecule has 3 atom stereocenters. The van der Waals surface area contributed by atoms with Crippen LogP contribution in [0.4, 0.5) is 0 Å². The molecule has 2 N–H and O–H groups in total. The van der Waals surface area contributed by atoms with Crippen LogP contribution in [0.1, 0.15) is 59.3 Å². The average molecular weight is 395 g/mol. The summed E-state index contributed by atoms with van der Waals surface area (Å²) in [6.45, 7) is 6.65. The molecule has 2 rings (SSSR count). The molecule has 0 aromatic heterocycles. The summed E-state index contributed by atoms with van der Waals surface area (Å²) in [6.07, 6.45) is 6.83. The highest BCUT2D eigenvalue weighted by Crippen LogP contribution is 2.24. The quantitative estimate of drug-likeness (QED) is 0.562. The van der Waals surface area contributed by atoms with E-state index in [4.69, 9.17) is 4.74 Å². The molecule has 0 spiro atoms. The predicted molar refractivity (Wildman–Crippen MR) is 105 cm³/mol. The van der Waals surface area contributed by atoms with Crippen LogP contribution in [0.3, 0.4) is 0 Å². The number of hydrogen-bond acceptors (Lipinski definition) is 5. The van der Waals surface area contributed by atoms with E-state index in [1.165, 1.54) is 0 Å². The van der Waals surface area contributed by atoms with Gasteiger partial charge in [0.25, 0.3) is 0 Å². The minimum atomic E-state index is -0.483. The van der Waals surface area contributed by atoms with E-state index in [9.17, 15) is 19.5 Å². The van der Waals surface area contributed by atoms with E-state index in [2.05, 4.69) is 5.32 Å². The zero-order chi connectivity index (χ0) is 20.7. The van der Waals surface area contributed by atoms with Crippen molar-refractivity contribution in [3.8, 4) is 0 Å². The number of amides is 2. The first-order chi connectivity index (χ1) is 13.2. The monoisotopic (exact) mass is 394 g/mol. The van der Waals surface area contributed by atoms with E-state index >= 15 is 0 Å². The number of aliphatic hydroxyl groups is 1. The van der Waals surface area contributed by atoms with E-state index in [-0.39, 0.29) is 54.9 Å². The summed E-state index contributed by atoms with van der Waals surface area (Å²) in [4.78, 5) is 39.3. The fourth-order valence-corrected chi connectivity index (χ4v) is 3.59. The van der Waals surface area contributed by atoms with E-state index < -0.39 is 5.92 Å². The lowest BCUT2D eigenvalue weighted by Crippen LogP contribution is -2.50. The van der Waals surface area contributed by atoms with Crippen molar-refractivity contribution in [2.24, 2.45) is 11.3 Å². The Hall–Kier alpha value is -1.89. The van der Waals surface area contributed by atoms with Gasteiger partial charge >= 0.3 is 5.97 Å². The van der Waals surface area contributed by atoms with Gasteiger partial charge in [-0.3, -0.25) is 14.4 Å². The second-order valence-electron chi connectivity index (χ2n) is 8.82. The minimum Gasteiger partial charge on any atom is -0.463 e. The first kappa shape index (κ1) is 22.4. The molecule has 2 heterocycles. The van der Waals surface area contributed by atoms with Crippen LogP contribution in [0.25, 0.3) is 0 Å². The van der Waals surface area contributed by atoms with Gasteiger partial charge < -0.3 is 20.1 Å².